The minimum atomic E-state index is -1.01. The van der Waals surface area contributed by atoms with Crippen LogP contribution in [0.3, 0.4) is 0 Å². The summed E-state index contributed by atoms with van der Waals surface area (Å²) in [5.41, 5.74) is 0.233. The molecule has 5 heteroatoms. The van der Waals surface area contributed by atoms with E-state index in [1.807, 2.05) is 0 Å². The van der Waals surface area contributed by atoms with Crippen molar-refractivity contribution in [2.24, 2.45) is 5.92 Å². The molecule has 1 aromatic carbocycles. The molecule has 1 rings (SSSR count). The topological polar surface area (TPSA) is 50.1 Å². The van der Waals surface area contributed by atoms with Crippen LogP contribution in [0.25, 0.3) is 0 Å². The molecular weight excluding hydrogens is 245 g/mol. The Kier molecular flexibility index (Phi) is 4.92. The Morgan fingerprint density at radius 2 is 2.35 bits per heavy atom. The number of nitrogens with zero attached hydrogens (tertiary/aromatic N) is 1. The fourth-order valence-electron chi connectivity index (χ4n) is 1.34. The first-order chi connectivity index (χ1) is 8.08. The quantitative estimate of drug-likeness (QED) is 0.778. The first-order valence-corrected chi connectivity index (χ1v) is 5.46. The number of hydrogen-bond donors (Lipinski definition) is 0. The van der Waals surface area contributed by atoms with Crippen LogP contribution < -0.4 is 0 Å². The number of carbonyl (C=O) groups is 1. The van der Waals surface area contributed by atoms with Gasteiger partial charge in [-0.05, 0) is 30.7 Å². The van der Waals surface area contributed by atoms with Crippen LogP contribution >= 0.6 is 11.6 Å². The highest BCUT2D eigenvalue weighted by Gasteiger charge is 2.21. The summed E-state index contributed by atoms with van der Waals surface area (Å²) >= 11 is 5.72. The van der Waals surface area contributed by atoms with Crippen LogP contribution in [0.15, 0.2) is 18.2 Å². The molecule has 0 bridgehead atoms. The van der Waals surface area contributed by atoms with Crippen molar-refractivity contribution in [2.45, 2.75) is 13.3 Å². The minimum absolute atomic E-state index is 0.0400. The molecule has 1 atom stereocenters. The molecule has 0 aliphatic carbocycles. The van der Waals surface area contributed by atoms with Crippen molar-refractivity contribution < 1.29 is 13.9 Å². The third-order valence-electron chi connectivity index (χ3n) is 2.16. The number of nitriles is 1. The SMILES string of the molecule is CCOC(=O)C(C#N)Cc1cc(Cl)ccc1F. The van der Waals surface area contributed by atoms with E-state index in [-0.39, 0.29) is 18.6 Å². The lowest BCUT2D eigenvalue weighted by atomic mass is 10.0. The number of hydrogen-bond acceptors (Lipinski definition) is 3. The maximum atomic E-state index is 13.4. The Morgan fingerprint density at radius 3 is 2.94 bits per heavy atom. The van der Waals surface area contributed by atoms with Gasteiger partial charge in [-0.1, -0.05) is 11.6 Å². The Balaban J connectivity index is 2.85. The number of benzene rings is 1. The molecule has 0 saturated heterocycles. The molecule has 0 saturated carbocycles. The van der Waals surface area contributed by atoms with Crippen LogP contribution in [0, 0.1) is 23.1 Å². The van der Waals surface area contributed by atoms with Gasteiger partial charge in [0, 0.05) is 11.4 Å². The number of ether oxygens (including phenoxy) is 1. The molecule has 1 unspecified atom stereocenters. The molecule has 1 aromatic rings. The van der Waals surface area contributed by atoms with Gasteiger partial charge in [-0.25, -0.2) is 4.39 Å². The molecule has 3 nitrogen and oxygen atoms in total. The molecule has 90 valence electrons. The fraction of sp³-hybridized carbons (Fsp3) is 0.333. The van der Waals surface area contributed by atoms with Gasteiger partial charge in [0.05, 0.1) is 12.7 Å². The van der Waals surface area contributed by atoms with Gasteiger partial charge in [0.15, 0.2) is 0 Å². The van der Waals surface area contributed by atoms with E-state index in [9.17, 15) is 9.18 Å². The summed E-state index contributed by atoms with van der Waals surface area (Å²) in [7, 11) is 0. The van der Waals surface area contributed by atoms with Crippen molar-refractivity contribution in [3.63, 3.8) is 0 Å². The van der Waals surface area contributed by atoms with Gasteiger partial charge in [-0.2, -0.15) is 5.26 Å². The van der Waals surface area contributed by atoms with E-state index in [1.54, 1.807) is 13.0 Å². The van der Waals surface area contributed by atoms with Crippen LogP contribution in [0.2, 0.25) is 5.02 Å². The third-order valence-corrected chi connectivity index (χ3v) is 2.39. The number of rotatable bonds is 4. The molecule has 0 amide bonds. The van der Waals surface area contributed by atoms with Gasteiger partial charge in [0.1, 0.15) is 11.7 Å². The van der Waals surface area contributed by atoms with Crippen LogP contribution in [-0.2, 0) is 16.0 Å². The van der Waals surface area contributed by atoms with Gasteiger partial charge in [0.2, 0.25) is 0 Å². The van der Waals surface area contributed by atoms with Crippen molar-refractivity contribution >= 4 is 17.6 Å². The van der Waals surface area contributed by atoms with Gasteiger partial charge in [0.25, 0.3) is 0 Å². The van der Waals surface area contributed by atoms with Crippen molar-refractivity contribution in [2.75, 3.05) is 6.61 Å². The zero-order valence-corrected chi connectivity index (χ0v) is 10.00. The monoisotopic (exact) mass is 255 g/mol. The summed E-state index contributed by atoms with van der Waals surface area (Å²) in [5.74, 6) is -2.14. The Hall–Kier alpha value is -1.60. The van der Waals surface area contributed by atoms with E-state index in [0.29, 0.717) is 5.02 Å². The molecule has 0 aliphatic rings. The van der Waals surface area contributed by atoms with E-state index >= 15 is 0 Å². The van der Waals surface area contributed by atoms with Crippen LogP contribution in [0.5, 0.6) is 0 Å². The van der Waals surface area contributed by atoms with E-state index in [4.69, 9.17) is 21.6 Å². The summed E-state index contributed by atoms with van der Waals surface area (Å²) in [6.45, 7) is 1.83. The largest absolute Gasteiger partial charge is 0.465 e. The second-order valence-electron chi connectivity index (χ2n) is 3.37. The molecule has 0 N–H and O–H groups in total. The molecule has 0 fully saturated rings. The molecule has 0 aromatic heterocycles. The lowest BCUT2D eigenvalue weighted by Crippen LogP contribution is -2.19. The predicted molar refractivity (Wildman–Crippen MR) is 60.9 cm³/mol. The van der Waals surface area contributed by atoms with E-state index in [2.05, 4.69) is 0 Å². The van der Waals surface area contributed by atoms with Crippen LogP contribution in [-0.4, -0.2) is 12.6 Å². The maximum absolute atomic E-state index is 13.4. The molecule has 0 aliphatic heterocycles. The van der Waals surface area contributed by atoms with Crippen molar-refractivity contribution in [1.29, 1.82) is 5.26 Å². The second-order valence-corrected chi connectivity index (χ2v) is 3.81. The Bertz CT molecular complexity index is 456. The van der Waals surface area contributed by atoms with Crippen molar-refractivity contribution in [3.8, 4) is 6.07 Å². The number of esters is 1. The first-order valence-electron chi connectivity index (χ1n) is 5.08. The highest BCUT2D eigenvalue weighted by atomic mass is 35.5. The minimum Gasteiger partial charge on any atom is -0.465 e. The average molecular weight is 256 g/mol. The molecule has 0 radical (unpaired) electrons. The molecular formula is C12H11ClFNO2. The lowest BCUT2D eigenvalue weighted by molar-refractivity contribution is -0.145. The zero-order chi connectivity index (χ0) is 12.8. The summed E-state index contributed by atoms with van der Waals surface area (Å²) in [4.78, 5) is 11.4. The van der Waals surface area contributed by atoms with Gasteiger partial charge < -0.3 is 4.74 Å². The van der Waals surface area contributed by atoms with E-state index < -0.39 is 17.7 Å². The maximum Gasteiger partial charge on any atom is 0.323 e. The highest BCUT2D eigenvalue weighted by Crippen LogP contribution is 2.18. The van der Waals surface area contributed by atoms with Gasteiger partial charge in [-0.3, -0.25) is 4.79 Å². The fourth-order valence-corrected chi connectivity index (χ4v) is 1.54. The molecule has 0 heterocycles. The summed E-state index contributed by atoms with van der Waals surface area (Å²) in [5, 5.41) is 9.20. The lowest BCUT2D eigenvalue weighted by Gasteiger charge is -2.09. The summed E-state index contributed by atoms with van der Waals surface area (Å²) in [6, 6.07) is 5.82. The number of carbonyl (C=O) groups excluding carboxylic acids is 1. The van der Waals surface area contributed by atoms with Crippen LogP contribution in [0.4, 0.5) is 4.39 Å². The highest BCUT2D eigenvalue weighted by molar-refractivity contribution is 6.30. The number of halogens is 2. The summed E-state index contributed by atoms with van der Waals surface area (Å²) in [6.07, 6.45) is -0.0400. The van der Waals surface area contributed by atoms with Crippen molar-refractivity contribution in [1.82, 2.24) is 0 Å². The standard InChI is InChI=1S/C12H11ClFNO2/c1-2-17-12(16)9(7-15)5-8-6-10(13)3-4-11(8)14/h3-4,6,9H,2,5H2,1H3. The Labute approximate surface area is 104 Å². The summed E-state index contributed by atoms with van der Waals surface area (Å²) < 4.78 is 18.1. The molecule has 0 spiro atoms. The first kappa shape index (κ1) is 13.5. The van der Waals surface area contributed by atoms with Gasteiger partial charge in [-0.15, -0.1) is 0 Å². The molecule has 17 heavy (non-hydrogen) atoms. The predicted octanol–water partition coefficient (Wildman–Crippen LogP) is 2.72. The second kappa shape index (κ2) is 6.21. The average Bonchev–Trinajstić information content (AvgIpc) is 2.30. The zero-order valence-electron chi connectivity index (χ0n) is 9.24. The Morgan fingerprint density at radius 1 is 1.65 bits per heavy atom. The van der Waals surface area contributed by atoms with Crippen molar-refractivity contribution in [3.05, 3.63) is 34.6 Å². The van der Waals surface area contributed by atoms with Crippen LogP contribution in [0.1, 0.15) is 12.5 Å². The van der Waals surface area contributed by atoms with E-state index in [1.165, 1.54) is 18.2 Å². The van der Waals surface area contributed by atoms with E-state index in [0.717, 1.165) is 0 Å². The normalized spacial score (nSPS) is 11.6. The third kappa shape index (κ3) is 3.72. The smallest absolute Gasteiger partial charge is 0.323 e. The van der Waals surface area contributed by atoms with Gasteiger partial charge >= 0.3 is 5.97 Å².